The van der Waals surface area contributed by atoms with Crippen LogP contribution in [0.5, 0.6) is 0 Å². The summed E-state index contributed by atoms with van der Waals surface area (Å²) >= 11 is 7.06. The number of benzene rings is 2. The molecule has 0 saturated heterocycles. The lowest BCUT2D eigenvalue weighted by Crippen LogP contribution is -2.22. The van der Waals surface area contributed by atoms with Crippen molar-refractivity contribution in [1.82, 2.24) is 0 Å². The predicted molar refractivity (Wildman–Crippen MR) is 86.5 cm³/mol. The number of halogens is 3. The van der Waals surface area contributed by atoms with Crippen molar-refractivity contribution in [3.63, 3.8) is 0 Å². The number of carbonyl (C=O) groups is 1. The molecule has 0 aliphatic rings. The first-order valence-electron chi connectivity index (χ1n) is 6.55. The van der Waals surface area contributed by atoms with E-state index in [9.17, 15) is 13.6 Å². The van der Waals surface area contributed by atoms with Gasteiger partial charge < -0.3 is 5.32 Å². The number of carbonyl (C=O) groups excluding carboxylic acids is 1. The topological polar surface area (TPSA) is 29.1 Å². The van der Waals surface area contributed by atoms with E-state index in [1.165, 1.54) is 6.07 Å². The molecule has 2 aromatic carbocycles. The minimum absolute atomic E-state index is 0.236. The van der Waals surface area contributed by atoms with E-state index < -0.39 is 16.9 Å². The molecule has 0 saturated carbocycles. The SMILES string of the molecule is Cc1ccc(Cl)cc1NC(=O)[C@H](C)Sc1ccc(F)c(F)c1. The van der Waals surface area contributed by atoms with Crippen LogP contribution in [0, 0.1) is 18.6 Å². The number of nitrogens with one attached hydrogen (secondary N) is 1. The van der Waals surface area contributed by atoms with E-state index in [4.69, 9.17) is 11.6 Å². The average Bonchev–Trinajstić information content (AvgIpc) is 2.46. The molecule has 2 rings (SSSR count). The molecule has 0 aliphatic heterocycles. The summed E-state index contributed by atoms with van der Waals surface area (Å²) in [5, 5.41) is 2.85. The van der Waals surface area contributed by atoms with Gasteiger partial charge in [-0.25, -0.2) is 8.78 Å². The van der Waals surface area contributed by atoms with Crippen molar-refractivity contribution in [1.29, 1.82) is 0 Å². The maximum absolute atomic E-state index is 13.2. The Hall–Kier alpha value is -1.59. The molecule has 22 heavy (non-hydrogen) atoms. The van der Waals surface area contributed by atoms with Crippen molar-refractivity contribution < 1.29 is 13.6 Å². The van der Waals surface area contributed by atoms with E-state index in [0.717, 1.165) is 29.5 Å². The van der Waals surface area contributed by atoms with Gasteiger partial charge in [-0.15, -0.1) is 11.8 Å². The van der Waals surface area contributed by atoms with Crippen molar-refractivity contribution in [3.05, 3.63) is 58.6 Å². The summed E-state index contributed by atoms with van der Waals surface area (Å²) in [4.78, 5) is 12.7. The van der Waals surface area contributed by atoms with Gasteiger partial charge in [0.1, 0.15) is 0 Å². The smallest absolute Gasteiger partial charge is 0.237 e. The standard InChI is InChI=1S/C16H14ClF2NOS/c1-9-3-4-11(17)7-15(9)20-16(21)10(2)22-12-5-6-13(18)14(19)8-12/h3-8,10H,1-2H3,(H,20,21)/t10-/m0/s1. The molecule has 2 nitrogen and oxygen atoms in total. The normalized spacial score (nSPS) is 12.0. The zero-order valence-corrected chi connectivity index (χ0v) is 13.6. The van der Waals surface area contributed by atoms with Crippen molar-refractivity contribution >= 4 is 35.0 Å². The van der Waals surface area contributed by atoms with Crippen LogP contribution in [0.15, 0.2) is 41.3 Å². The molecule has 1 amide bonds. The van der Waals surface area contributed by atoms with Crippen molar-refractivity contribution in [3.8, 4) is 0 Å². The Morgan fingerprint density at radius 1 is 1.18 bits per heavy atom. The summed E-state index contributed by atoms with van der Waals surface area (Å²) in [5.41, 5.74) is 1.53. The lowest BCUT2D eigenvalue weighted by molar-refractivity contribution is -0.115. The predicted octanol–water partition coefficient (Wildman–Crippen LogP) is 5.05. The quantitative estimate of drug-likeness (QED) is 0.789. The number of amides is 1. The Bertz CT molecular complexity index is 709. The maximum atomic E-state index is 13.2. The van der Waals surface area contributed by atoms with Crippen LogP contribution in [0.4, 0.5) is 14.5 Å². The summed E-state index contributed by atoms with van der Waals surface area (Å²) < 4.78 is 26.1. The van der Waals surface area contributed by atoms with Crippen LogP contribution >= 0.6 is 23.4 Å². The first-order chi connectivity index (χ1) is 10.4. The monoisotopic (exact) mass is 341 g/mol. The zero-order valence-electron chi connectivity index (χ0n) is 12.0. The highest BCUT2D eigenvalue weighted by atomic mass is 35.5. The fourth-order valence-electron chi connectivity index (χ4n) is 1.77. The fourth-order valence-corrected chi connectivity index (χ4v) is 2.84. The zero-order chi connectivity index (χ0) is 16.3. The molecule has 0 unspecified atom stereocenters. The third-order valence-electron chi connectivity index (χ3n) is 3.03. The average molecular weight is 342 g/mol. The molecule has 116 valence electrons. The third kappa shape index (κ3) is 4.21. The molecule has 1 atom stereocenters. The second-order valence-corrected chi connectivity index (χ2v) is 6.64. The lowest BCUT2D eigenvalue weighted by atomic mass is 10.2. The van der Waals surface area contributed by atoms with Crippen LogP contribution in [0.25, 0.3) is 0 Å². The van der Waals surface area contributed by atoms with Crippen LogP contribution in [-0.2, 0) is 4.79 Å². The molecule has 0 aliphatic carbocycles. The second kappa shape index (κ2) is 7.11. The minimum atomic E-state index is -0.928. The number of rotatable bonds is 4. The number of aryl methyl sites for hydroxylation is 1. The van der Waals surface area contributed by atoms with Crippen molar-refractivity contribution in [2.75, 3.05) is 5.32 Å². The highest BCUT2D eigenvalue weighted by Gasteiger charge is 2.16. The van der Waals surface area contributed by atoms with Gasteiger partial charge in [0.05, 0.1) is 5.25 Å². The van der Waals surface area contributed by atoms with Crippen LogP contribution in [0.3, 0.4) is 0 Å². The van der Waals surface area contributed by atoms with Gasteiger partial charge in [-0.3, -0.25) is 4.79 Å². The van der Waals surface area contributed by atoms with E-state index >= 15 is 0 Å². The molecular formula is C16H14ClF2NOS. The lowest BCUT2D eigenvalue weighted by Gasteiger charge is -2.14. The van der Waals surface area contributed by atoms with Crippen molar-refractivity contribution in [2.45, 2.75) is 24.0 Å². The summed E-state index contributed by atoms with van der Waals surface area (Å²) in [5.74, 6) is -2.07. The summed E-state index contributed by atoms with van der Waals surface area (Å²) in [6.45, 7) is 3.56. The molecule has 0 aromatic heterocycles. The van der Waals surface area contributed by atoms with E-state index in [1.54, 1.807) is 19.1 Å². The Labute approximate surface area is 136 Å². The highest BCUT2D eigenvalue weighted by Crippen LogP contribution is 2.27. The van der Waals surface area contributed by atoms with E-state index in [2.05, 4.69) is 5.32 Å². The Balaban J connectivity index is 2.05. The van der Waals surface area contributed by atoms with Gasteiger partial charge in [-0.2, -0.15) is 0 Å². The van der Waals surface area contributed by atoms with Gasteiger partial charge in [-0.1, -0.05) is 17.7 Å². The van der Waals surface area contributed by atoms with E-state index in [-0.39, 0.29) is 5.91 Å². The maximum Gasteiger partial charge on any atom is 0.237 e. The van der Waals surface area contributed by atoms with E-state index in [0.29, 0.717) is 15.6 Å². The number of hydrogen-bond acceptors (Lipinski definition) is 2. The van der Waals surface area contributed by atoms with Gasteiger partial charge >= 0.3 is 0 Å². The molecule has 0 fully saturated rings. The molecular weight excluding hydrogens is 328 g/mol. The number of thioether (sulfide) groups is 1. The van der Waals surface area contributed by atoms with E-state index in [1.807, 2.05) is 13.0 Å². The van der Waals surface area contributed by atoms with Crippen LogP contribution in [0.2, 0.25) is 5.02 Å². The Kier molecular flexibility index (Phi) is 5.42. The second-order valence-electron chi connectivity index (χ2n) is 4.78. The molecule has 0 radical (unpaired) electrons. The molecule has 2 aromatic rings. The molecule has 0 bridgehead atoms. The van der Waals surface area contributed by atoms with Crippen molar-refractivity contribution in [2.24, 2.45) is 0 Å². The number of anilines is 1. The summed E-state index contributed by atoms with van der Waals surface area (Å²) in [6.07, 6.45) is 0. The first kappa shape index (κ1) is 16.8. The van der Waals surface area contributed by atoms with Gasteiger partial charge in [-0.05, 0) is 49.7 Å². The Morgan fingerprint density at radius 3 is 2.59 bits per heavy atom. The van der Waals surface area contributed by atoms with Crippen LogP contribution in [0.1, 0.15) is 12.5 Å². The summed E-state index contributed by atoms with van der Waals surface area (Å²) in [7, 11) is 0. The Morgan fingerprint density at radius 2 is 1.91 bits per heavy atom. The largest absolute Gasteiger partial charge is 0.325 e. The van der Waals surface area contributed by atoms with Gasteiger partial charge in [0.15, 0.2) is 11.6 Å². The molecule has 6 heteroatoms. The van der Waals surface area contributed by atoms with Crippen LogP contribution in [-0.4, -0.2) is 11.2 Å². The molecule has 0 heterocycles. The molecule has 1 N–H and O–H groups in total. The fraction of sp³-hybridized carbons (Fsp3) is 0.188. The molecule has 0 spiro atoms. The summed E-state index contributed by atoms with van der Waals surface area (Å²) in [6, 6.07) is 8.79. The van der Waals surface area contributed by atoms with Gasteiger partial charge in [0.2, 0.25) is 5.91 Å². The van der Waals surface area contributed by atoms with Gasteiger partial charge in [0, 0.05) is 15.6 Å². The van der Waals surface area contributed by atoms with Crippen LogP contribution < -0.4 is 5.32 Å². The first-order valence-corrected chi connectivity index (χ1v) is 7.81. The highest BCUT2D eigenvalue weighted by molar-refractivity contribution is 8.00. The third-order valence-corrected chi connectivity index (χ3v) is 4.36. The minimum Gasteiger partial charge on any atom is -0.325 e. The number of hydrogen-bond donors (Lipinski definition) is 1. The van der Waals surface area contributed by atoms with Gasteiger partial charge in [0.25, 0.3) is 0 Å².